The van der Waals surface area contributed by atoms with E-state index in [1.807, 2.05) is 26.8 Å². The Morgan fingerprint density at radius 3 is 2.54 bits per heavy atom. The number of hydrogen-bond acceptors (Lipinski definition) is 4. The molecule has 0 spiro atoms. The van der Waals surface area contributed by atoms with Crippen LogP contribution in [0.25, 0.3) is 10.9 Å². The first kappa shape index (κ1) is 19.5. The van der Waals surface area contributed by atoms with Gasteiger partial charge in [-0.1, -0.05) is 17.7 Å². The molecule has 28 heavy (non-hydrogen) atoms. The van der Waals surface area contributed by atoms with Crippen LogP contribution < -0.4 is 15.2 Å². The maximum atomic E-state index is 13.2. The molecule has 1 aromatic heterocycles. The molecule has 1 heterocycles. The molecule has 6 nitrogen and oxygen atoms in total. The highest BCUT2D eigenvalue weighted by atomic mass is 16.5. The molecule has 0 aliphatic carbocycles. The third-order valence-corrected chi connectivity index (χ3v) is 4.81. The predicted molar refractivity (Wildman–Crippen MR) is 111 cm³/mol. The van der Waals surface area contributed by atoms with Gasteiger partial charge in [-0.15, -0.1) is 0 Å². The van der Waals surface area contributed by atoms with Crippen molar-refractivity contribution in [3.05, 3.63) is 63.9 Å². The highest BCUT2D eigenvalue weighted by Crippen LogP contribution is 2.30. The van der Waals surface area contributed by atoms with Crippen LogP contribution >= 0.6 is 0 Å². The second-order valence-electron chi connectivity index (χ2n) is 7.08. The van der Waals surface area contributed by atoms with E-state index in [1.54, 1.807) is 55.1 Å². The van der Waals surface area contributed by atoms with Gasteiger partial charge >= 0.3 is 0 Å². The summed E-state index contributed by atoms with van der Waals surface area (Å²) in [5, 5.41) is 11.3. The first-order valence-corrected chi connectivity index (χ1v) is 9.06. The van der Waals surface area contributed by atoms with Crippen molar-refractivity contribution in [1.82, 2.24) is 4.57 Å². The molecular formula is C22H24N2O4. The monoisotopic (exact) mass is 380 g/mol. The molecule has 1 amide bonds. The smallest absolute Gasteiger partial charge is 0.267 e. The van der Waals surface area contributed by atoms with Crippen molar-refractivity contribution < 1.29 is 14.6 Å². The Balaban J connectivity index is 2.24. The zero-order chi connectivity index (χ0) is 20.6. The second kappa shape index (κ2) is 7.38. The van der Waals surface area contributed by atoms with Crippen molar-refractivity contribution in [3.63, 3.8) is 0 Å². The van der Waals surface area contributed by atoms with Crippen LogP contribution in [-0.4, -0.2) is 29.7 Å². The summed E-state index contributed by atoms with van der Waals surface area (Å²) in [5.74, 6) is -0.274. The highest BCUT2D eigenvalue weighted by molar-refractivity contribution is 6.10. The molecule has 0 saturated carbocycles. The molecule has 0 bridgehead atoms. The van der Waals surface area contributed by atoms with Gasteiger partial charge in [-0.3, -0.25) is 9.59 Å². The summed E-state index contributed by atoms with van der Waals surface area (Å²) in [7, 11) is 3.11. The molecule has 2 aromatic carbocycles. The number of pyridine rings is 1. The number of fused-ring (bicyclic) bond motifs is 1. The lowest BCUT2D eigenvalue weighted by atomic mass is 10.1. The largest absolute Gasteiger partial charge is 0.506 e. The van der Waals surface area contributed by atoms with E-state index in [1.165, 1.54) is 4.90 Å². The number of nitrogens with zero attached hydrogens (tertiary/aromatic N) is 2. The molecule has 0 radical (unpaired) electrons. The molecule has 0 saturated heterocycles. The fourth-order valence-corrected chi connectivity index (χ4v) is 3.32. The summed E-state index contributed by atoms with van der Waals surface area (Å²) < 4.78 is 6.75. The molecule has 0 aliphatic heterocycles. The van der Waals surface area contributed by atoms with Crippen molar-refractivity contribution in [3.8, 4) is 11.5 Å². The van der Waals surface area contributed by atoms with Crippen molar-refractivity contribution in [2.45, 2.75) is 26.8 Å². The number of carbonyl (C=O) groups excluding carboxylic acids is 1. The number of ether oxygens (including phenoxy) is 1. The van der Waals surface area contributed by atoms with Gasteiger partial charge in [-0.25, -0.2) is 0 Å². The number of aromatic nitrogens is 1. The zero-order valence-corrected chi connectivity index (χ0v) is 16.7. The average molecular weight is 380 g/mol. The quantitative estimate of drug-likeness (QED) is 0.746. The Morgan fingerprint density at radius 2 is 1.89 bits per heavy atom. The van der Waals surface area contributed by atoms with Crippen molar-refractivity contribution in [2.75, 3.05) is 19.1 Å². The van der Waals surface area contributed by atoms with Gasteiger partial charge in [0.25, 0.3) is 11.5 Å². The number of benzene rings is 2. The third kappa shape index (κ3) is 3.22. The number of amides is 1. The van der Waals surface area contributed by atoms with Gasteiger partial charge in [0, 0.05) is 30.2 Å². The summed E-state index contributed by atoms with van der Waals surface area (Å²) in [6.45, 7) is 5.64. The van der Waals surface area contributed by atoms with Crippen molar-refractivity contribution in [1.29, 1.82) is 0 Å². The van der Waals surface area contributed by atoms with Gasteiger partial charge in [0.2, 0.25) is 0 Å². The van der Waals surface area contributed by atoms with E-state index in [9.17, 15) is 14.7 Å². The Kier molecular flexibility index (Phi) is 5.14. The zero-order valence-electron chi connectivity index (χ0n) is 16.7. The summed E-state index contributed by atoms with van der Waals surface area (Å²) in [5.41, 5.74) is 1.34. The van der Waals surface area contributed by atoms with Gasteiger partial charge in [-0.05, 0) is 45.0 Å². The molecule has 0 aliphatic rings. The maximum Gasteiger partial charge on any atom is 0.267 e. The SMILES string of the molecule is COc1cccc(N(C)C(=O)c2c(O)c3cc(C)ccc3n(C(C)C)c2=O)c1. The van der Waals surface area contributed by atoms with Gasteiger partial charge in [0.15, 0.2) is 0 Å². The van der Waals surface area contributed by atoms with Crippen molar-refractivity contribution >= 4 is 22.5 Å². The van der Waals surface area contributed by atoms with Gasteiger partial charge < -0.3 is 19.3 Å². The minimum atomic E-state index is -0.575. The number of hydrogen-bond donors (Lipinski definition) is 1. The number of carbonyl (C=O) groups is 1. The standard InChI is InChI=1S/C22H24N2O4/c1-13(2)24-18-10-9-14(3)11-17(18)20(25)19(22(24)27)21(26)23(4)15-7-6-8-16(12-15)28-5/h6-13,25H,1-5H3. The Morgan fingerprint density at radius 1 is 1.18 bits per heavy atom. The van der Waals surface area contributed by atoms with Crippen LogP contribution in [0.1, 0.15) is 35.8 Å². The fraction of sp³-hybridized carbons (Fsp3) is 0.273. The number of anilines is 1. The van der Waals surface area contributed by atoms with E-state index in [2.05, 4.69) is 0 Å². The van der Waals surface area contributed by atoms with E-state index < -0.39 is 11.5 Å². The van der Waals surface area contributed by atoms with Gasteiger partial charge in [0.05, 0.1) is 12.6 Å². The number of aromatic hydroxyl groups is 1. The molecule has 0 unspecified atom stereocenters. The van der Waals surface area contributed by atoms with Crippen molar-refractivity contribution in [2.24, 2.45) is 0 Å². The molecule has 3 rings (SSSR count). The van der Waals surface area contributed by atoms with Crippen LogP contribution in [0.2, 0.25) is 0 Å². The molecule has 6 heteroatoms. The summed E-state index contributed by atoms with van der Waals surface area (Å²) >= 11 is 0. The number of aryl methyl sites for hydroxylation is 1. The third-order valence-electron chi connectivity index (χ3n) is 4.81. The van der Waals surface area contributed by atoms with E-state index in [4.69, 9.17) is 4.74 Å². The summed E-state index contributed by atoms with van der Waals surface area (Å²) in [6, 6.07) is 12.2. The molecule has 1 N–H and O–H groups in total. The first-order valence-electron chi connectivity index (χ1n) is 9.06. The minimum absolute atomic E-state index is 0.174. The highest BCUT2D eigenvalue weighted by Gasteiger charge is 2.26. The van der Waals surface area contributed by atoms with Crippen LogP contribution in [0.4, 0.5) is 5.69 Å². The Hall–Kier alpha value is -3.28. The van der Waals surface area contributed by atoms with Crippen LogP contribution in [0.15, 0.2) is 47.3 Å². The van der Waals surface area contributed by atoms with Crippen LogP contribution in [0.3, 0.4) is 0 Å². The Bertz CT molecular complexity index is 1120. The fourth-order valence-electron chi connectivity index (χ4n) is 3.32. The van der Waals surface area contributed by atoms with Crippen LogP contribution in [-0.2, 0) is 0 Å². The van der Waals surface area contributed by atoms with E-state index in [-0.39, 0.29) is 17.4 Å². The lowest BCUT2D eigenvalue weighted by Crippen LogP contribution is -2.35. The number of methoxy groups -OCH3 is 1. The second-order valence-corrected chi connectivity index (χ2v) is 7.08. The van der Waals surface area contributed by atoms with Crippen LogP contribution in [0.5, 0.6) is 11.5 Å². The minimum Gasteiger partial charge on any atom is -0.506 e. The lowest BCUT2D eigenvalue weighted by Gasteiger charge is -2.21. The van der Waals surface area contributed by atoms with Gasteiger partial charge in [0.1, 0.15) is 17.1 Å². The average Bonchev–Trinajstić information content (AvgIpc) is 2.67. The summed E-state index contributed by atoms with van der Waals surface area (Å²) in [6.07, 6.45) is 0. The van der Waals surface area contributed by atoms with Crippen LogP contribution in [0, 0.1) is 6.92 Å². The van der Waals surface area contributed by atoms with E-state index in [0.717, 1.165) is 5.56 Å². The van der Waals surface area contributed by atoms with E-state index >= 15 is 0 Å². The topological polar surface area (TPSA) is 71.8 Å². The molecule has 3 aromatic rings. The molecular weight excluding hydrogens is 356 g/mol. The van der Waals surface area contributed by atoms with Gasteiger partial charge in [-0.2, -0.15) is 0 Å². The molecule has 146 valence electrons. The Labute approximate surface area is 163 Å². The molecule has 0 atom stereocenters. The van der Waals surface area contributed by atoms with E-state index in [0.29, 0.717) is 22.3 Å². The first-order chi connectivity index (χ1) is 13.3. The summed E-state index contributed by atoms with van der Waals surface area (Å²) in [4.78, 5) is 27.7. The lowest BCUT2D eigenvalue weighted by molar-refractivity contribution is 0.0988. The normalized spacial score (nSPS) is 11.1. The predicted octanol–water partition coefficient (Wildman–Crippen LogP) is 3.88. The molecule has 0 fully saturated rings. The maximum absolute atomic E-state index is 13.2. The number of rotatable bonds is 4.